The van der Waals surface area contributed by atoms with E-state index in [9.17, 15) is 13.2 Å². The van der Waals surface area contributed by atoms with Crippen LogP contribution in [0.3, 0.4) is 0 Å². The van der Waals surface area contributed by atoms with Crippen LogP contribution in [0.15, 0.2) is 0 Å². The predicted molar refractivity (Wildman–Crippen MR) is 65.8 cm³/mol. The Labute approximate surface area is 103 Å². The lowest BCUT2D eigenvalue weighted by molar-refractivity contribution is -0.139. The molecule has 0 aliphatic heterocycles. The topological polar surface area (TPSA) is 95.5 Å². The van der Waals surface area contributed by atoms with Crippen molar-refractivity contribution in [2.24, 2.45) is 11.8 Å². The molecule has 0 aliphatic carbocycles. The molecule has 0 bridgehead atoms. The fourth-order valence-electron chi connectivity index (χ4n) is 1.18. The van der Waals surface area contributed by atoms with Gasteiger partial charge in [-0.1, -0.05) is 27.7 Å². The van der Waals surface area contributed by atoms with Crippen LogP contribution in [0.25, 0.3) is 0 Å². The summed E-state index contributed by atoms with van der Waals surface area (Å²) in [6.45, 7) is 7.69. The van der Waals surface area contributed by atoms with Gasteiger partial charge in [0, 0.05) is 6.54 Å². The largest absolute Gasteiger partial charge is 0.480 e. The molecule has 0 radical (unpaired) electrons. The second-order valence-electron chi connectivity index (χ2n) is 4.88. The Morgan fingerprint density at radius 3 is 2.06 bits per heavy atom. The average molecular weight is 266 g/mol. The van der Waals surface area contributed by atoms with E-state index in [2.05, 4.69) is 9.44 Å². The molecule has 3 N–H and O–H groups in total. The molecule has 7 heteroatoms. The molecule has 0 aromatic heterocycles. The van der Waals surface area contributed by atoms with Gasteiger partial charge in [-0.15, -0.1) is 0 Å². The van der Waals surface area contributed by atoms with Gasteiger partial charge in [-0.3, -0.25) is 4.79 Å². The number of hydrogen-bond acceptors (Lipinski definition) is 3. The molecule has 0 spiro atoms. The SMILES string of the molecule is CC(C)CNS(=O)(=O)NC(CC(C)C)C(=O)O. The van der Waals surface area contributed by atoms with Gasteiger partial charge in [-0.05, 0) is 18.3 Å². The van der Waals surface area contributed by atoms with Crippen molar-refractivity contribution >= 4 is 16.2 Å². The van der Waals surface area contributed by atoms with Gasteiger partial charge in [0.1, 0.15) is 6.04 Å². The molecular weight excluding hydrogens is 244 g/mol. The first-order valence-corrected chi connectivity index (χ1v) is 7.12. The Kier molecular flexibility index (Phi) is 6.66. The quantitative estimate of drug-likeness (QED) is 0.598. The first kappa shape index (κ1) is 16.3. The second kappa shape index (κ2) is 6.93. The van der Waals surface area contributed by atoms with E-state index in [0.717, 1.165) is 0 Å². The fourth-order valence-corrected chi connectivity index (χ4v) is 2.38. The van der Waals surface area contributed by atoms with Crippen LogP contribution in [0.4, 0.5) is 0 Å². The minimum Gasteiger partial charge on any atom is -0.480 e. The van der Waals surface area contributed by atoms with Gasteiger partial charge in [0.15, 0.2) is 0 Å². The van der Waals surface area contributed by atoms with E-state index in [1.165, 1.54) is 0 Å². The monoisotopic (exact) mass is 266 g/mol. The van der Waals surface area contributed by atoms with Gasteiger partial charge in [-0.25, -0.2) is 4.72 Å². The van der Waals surface area contributed by atoms with Gasteiger partial charge in [0.25, 0.3) is 10.2 Å². The summed E-state index contributed by atoms with van der Waals surface area (Å²) >= 11 is 0. The Morgan fingerprint density at radius 2 is 1.71 bits per heavy atom. The molecule has 0 saturated heterocycles. The van der Waals surface area contributed by atoms with Crippen molar-refractivity contribution in [3.05, 3.63) is 0 Å². The normalized spacial score (nSPS) is 14.2. The van der Waals surface area contributed by atoms with Crippen LogP contribution in [0.1, 0.15) is 34.1 Å². The highest BCUT2D eigenvalue weighted by Crippen LogP contribution is 2.05. The zero-order valence-corrected chi connectivity index (χ0v) is 11.5. The minimum absolute atomic E-state index is 0.101. The number of carboxylic acids is 1. The maximum absolute atomic E-state index is 11.5. The summed E-state index contributed by atoms with van der Waals surface area (Å²) in [4.78, 5) is 10.9. The highest BCUT2D eigenvalue weighted by atomic mass is 32.2. The zero-order valence-electron chi connectivity index (χ0n) is 10.7. The van der Waals surface area contributed by atoms with Crippen LogP contribution in [0, 0.1) is 11.8 Å². The zero-order chi connectivity index (χ0) is 13.6. The van der Waals surface area contributed by atoms with Gasteiger partial charge in [0.05, 0.1) is 0 Å². The maximum atomic E-state index is 11.5. The second-order valence-corrected chi connectivity index (χ2v) is 6.42. The molecule has 1 atom stereocenters. The highest BCUT2D eigenvalue weighted by molar-refractivity contribution is 7.87. The number of nitrogens with one attached hydrogen (secondary N) is 2. The molecule has 0 heterocycles. The third-order valence-electron chi connectivity index (χ3n) is 1.98. The smallest absolute Gasteiger partial charge is 0.321 e. The lowest BCUT2D eigenvalue weighted by Gasteiger charge is -2.17. The Morgan fingerprint density at radius 1 is 1.18 bits per heavy atom. The van der Waals surface area contributed by atoms with Crippen molar-refractivity contribution < 1.29 is 18.3 Å². The minimum atomic E-state index is -3.75. The van der Waals surface area contributed by atoms with Gasteiger partial charge >= 0.3 is 5.97 Å². The molecule has 0 aromatic rings. The summed E-state index contributed by atoms with van der Waals surface area (Å²) < 4.78 is 27.5. The highest BCUT2D eigenvalue weighted by Gasteiger charge is 2.24. The fraction of sp³-hybridized carbons (Fsp3) is 0.900. The van der Waals surface area contributed by atoms with E-state index in [4.69, 9.17) is 5.11 Å². The van der Waals surface area contributed by atoms with E-state index in [1.807, 2.05) is 27.7 Å². The standard InChI is InChI=1S/C10H22N2O4S/c1-7(2)5-9(10(13)14)12-17(15,16)11-6-8(3)4/h7-9,11-12H,5-6H2,1-4H3,(H,13,14). The van der Waals surface area contributed by atoms with E-state index in [1.54, 1.807) is 0 Å². The van der Waals surface area contributed by atoms with Crippen molar-refractivity contribution in [1.82, 2.24) is 9.44 Å². The van der Waals surface area contributed by atoms with E-state index in [0.29, 0.717) is 0 Å². The van der Waals surface area contributed by atoms with Gasteiger partial charge in [-0.2, -0.15) is 13.1 Å². The Bertz CT molecular complexity index is 338. The lowest BCUT2D eigenvalue weighted by Crippen LogP contribution is -2.47. The number of hydrogen-bond donors (Lipinski definition) is 3. The predicted octanol–water partition coefficient (Wildman–Crippen LogP) is 0.566. The molecule has 0 amide bonds. The molecular formula is C10H22N2O4S. The molecule has 102 valence electrons. The first-order valence-electron chi connectivity index (χ1n) is 5.63. The number of carboxylic acid groups (broad SMARTS) is 1. The van der Waals surface area contributed by atoms with Crippen LogP contribution < -0.4 is 9.44 Å². The van der Waals surface area contributed by atoms with E-state index >= 15 is 0 Å². The summed E-state index contributed by atoms with van der Waals surface area (Å²) in [5.41, 5.74) is 0. The molecule has 0 aliphatic rings. The van der Waals surface area contributed by atoms with Crippen LogP contribution in [-0.2, 0) is 15.0 Å². The average Bonchev–Trinajstić information content (AvgIpc) is 2.12. The first-order chi connectivity index (χ1) is 7.64. The van der Waals surface area contributed by atoms with Crippen molar-refractivity contribution in [1.29, 1.82) is 0 Å². The van der Waals surface area contributed by atoms with Crippen LogP contribution in [0.5, 0.6) is 0 Å². The molecule has 17 heavy (non-hydrogen) atoms. The molecule has 0 fully saturated rings. The number of rotatable bonds is 8. The van der Waals surface area contributed by atoms with E-state index < -0.39 is 22.2 Å². The molecule has 0 aromatic carbocycles. The molecule has 0 saturated carbocycles. The van der Waals surface area contributed by atoms with Crippen molar-refractivity contribution in [3.63, 3.8) is 0 Å². The number of carbonyl (C=O) groups is 1. The summed E-state index contributed by atoms with van der Waals surface area (Å²) in [6.07, 6.45) is 0.262. The summed E-state index contributed by atoms with van der Waals surface area (Å²) in [7, 11) is -3.75. The Hall–Kier alpha value is -0.660. The van der Waals surface area contributed by atoms with Crippen molar-refractivity contribution in [2.45, 2.75) is 40.2 Å². The lowest BCUT2D eigenvalue weighted by atomic mass is 10.1. The summed E-state index contributed by atoms with van der Waals surface area (Å²) in [6, 6.07) is -1.08. The van der Waals surface area contributed by atoms with E-state index in [-0.39, 0.29) is 24.8 Å². The number of aliphatic carboxylic acids is 1. The Balaban J connectivity index is 4.48. The third kappa shape index (κ3) is 8.12. The summed E-state index contributed by atoms with van der Waals surface area (Å²) in [5.74, 6) is -0.891. The van der Waals surface area contributed by atoms with Gasteiger partial charge in [0.2, 0.25) is 0 Å². The summed E-state index contributed by atoms with van der Waals surface area (Å²) in [5, 5.41) is 8.91. The molecule has 0 rings (SSSR count). The maximum Gasteiger partial charge on any atom is 0.321 e. The van der Waals surface area contributed by atoms with Crippen LogP contribution >= 0.6 is 0 Å². The molecule has 6 nitrogen and oxygen atoms in total. The third-order valence-corrected chi connectivity index (χ3v) is 3.13. The van der Waals surface area contributed by atoms with Crippen molar-refractivity contribution in [3.8, 4) is 0 Å². The molecule has 1 unspecified atom stereocenters. The van der Waals surface area contributed by atoms with Crippen LogP contribution in [-0.4, -0.2) is 32.1 Å². The van der Waals surface area contributed by atoms with Gasteiger partial charge < -0.3 is 5.11 Å². The van der Waals surface area contributed by atoms with Crippen LogP contribution in [0.2, 0.25) is 0 Å². The van der Waals surface area contributed by atoms with Crippen molar-refractivity contribution in [2.75, 3.05) is 6.54 Å².